The van der Waals surface area contributed by atoms with E-state index in [1.807, 2.05) is 20.9 Å². The van der Waals surface area contributed by atoms with Gasteiger partial charge in [0.15, 0.2) is 0 Å². The lowest BCUT2D eigenvalue weighted by molar-refractivity contribution is 0.0944. The van der Waals surface area contributed by atoms with Crippen LogP contribution in [0.4, 0.5) is 4.39 Å². The van der Waals surface area contributed by atoms with Crippen LogP contribution in [0.3, 0.4) is 0 Å². The van der Waals surface area contributed by atoms with Crippen LogP contribution in [-0.4, -0.2) is 30.2 Å². The van der Waals surface area contributed by atoms with Crippen molar-refractivity contribution in [1.29, 1.82) is 0 Å². The molecule has 1 unspecified atom stereocenters. The number of carbonyl (C=O) groups excluding carboxylic acids is 1. The Kier molecular flexibility index (Phi) is 5.94. The molecular formula is C23H23FN6O2S. The number of carbonyl (C=O) groups is 1. The lowest BCUT2D eigenvalue weighted by Gasteiger charge is -2.19. The van der Waals surface area contributed by atoms with Crippen molar-refractivity contribution in [2.24, 2.45) is 14.1 Å². The van der Waals surface area contributed by atoms with Gasteiger partial charge in [-0.15, -0.1) is 11.3 Å². The van der Waals surface area contributed by atoms with Gasteiger partial charge in [0.2, 0.25) is 0 Å². The van der Waals surface area contributed by atoms with Gasteiger partial charge >= 0.3 is 0 Å². The van der Waals surface area contributed by atoms with Crippen LogP contribution in [0.25, 0.3) is 10.6 Å². The van der Waals surface area contributed by atoms with Crippen molar-refractivity contribution in [3.8, 4) is 10.6 Å². The summed E-state index contributed by atoms with van der Waals surface area (Å²) in [5, 5.41) is 7.67. The van der Waals surface area contributed by atoms with Crippen LogP contribution >= 0.6 is 11.3 Å². The van der Waals surface area contributed by atoms with Gasteiger partial charge in [0.05, 0.1) is 17.0 Å². The van der Waals surface area contributed by atoms with Crippen molar-refractivity contribution in [3.05, 3.63) is 86.0 Å². The minimum Gasteiger partial charge on any atom is -0.337 e. The summed E-state index contributed by atoms with van der Waals surface area (Å²) >= 11 is 1.16. The van der Waals surface area contributed by atoms with E-state index in [4.69, 9.17) is 0 Å². The molecule has 1 atom stereocenters. The first-order valence-corrected chi connectivity index (χ1v) is 11.0. The number of thiazole rings is 1. The number of aryl methyl sites for hydroxylation is 4. The van der Waals surface area contributed by atoms with E-state index in [-0.39, 0.29) is 17.3 Å². The van der Waals surface area contributed by atoms with Crippen molar-refractivity contribution in [3.63, 3.8) is 0 Å². The highest BCUT2D eigenvalue weighted by atomic mass is 32.1. The molecule has 3 heterocycles. The van der Waals surface area contributed by atoms with Gasteiger partial charge in [-0.3, -0.25) is 9.59 Å². The Labute approximate surface area is 193 Å². The summed E-state index contributed by atoms with van der Waals surface area (Å²) < 4.78 is 16.6. The minimum absolute atomic E-state index is 0.268. The molecule has 1 aromatic carbocycles. The smallest absolute Gasteiger partial charge is 0.277 e. The maximum Gasteiger partial charge on any atom is 0.277 e. The fraction of sp³-hybridized carbons (Fsp3) is 0.261. The van der Waals surface area contributed by atoms with Crippen molar-refractivity contribution in [2.45, 2.75) is 26.8 Å². The molecule has 0 saturated heterocycles. The second kappa shape index (κ2) is 8.70. The number of nitrogens with zero attached hydrogens (tertiary/aromatic N) is 5. The molecule has 0 radical (unpaired) electrons. The zero-order chi connectivity index (χ0) is 23.9. The van der Waals surface area contributed by atoms with E-state index in [0.717, 1.165) is 22.6 Å². The predicted octanol–water partition coefficient (Wildman–Crippen LogP) is 3.22. The second-order valence-electron chi connectivity index (χ2n) is 7.80. The highest BCUT2D eigenvalue weighted by Crippen LogP contribution is 2.30. The summed E-state index contributed by atoms with van der Waals surface area (Å²) in [6, 6.07) is 5.33. The fourth-order valence-electron chi connectivity index (χ4n) is 3.62. The molecule has 4 rings (SSSR count). The van der Waals surface area contributed by atoms with Crippen LogP contribution < -0.4 is 10.9 Å². The van der Waals surface area contributed by atoms with Gasteiger partial charge in [-0.1, -0.05) is 12.1 Å². The van der Waals surface area contributed by atoms with E-state index >= 15 is 0 Å². The third kappa shape index (κ3) is 4.21. The number of hydrogen-bond acceptors (Lipinski definition) is 6. The monoisotopic (exact) mass is 466 g/mol. The quantitative estimate of drug-likeness (QED) is 0.487. The molecule has 0 fully saturated rings. The van der Waals surface area contributed by atoms with E-state index < -0.39 is 6.04 Å². The van der Waals surface area contributed by atoms with Crippen LogP contribution in [0.5, 0.6) is 0 Å². The number of rotatable bonds is 5. The molecule has 170 valence electrons. The van der Waals surface area contributed by atoms with Gasteiger partial charge in [-0.05, 0) is 44.0 Å². The summed E-state index contributed by atoms with van der Waals surface area (Å²) in [5.41, 5.74) is 2.83. The van der Waals surface area contributed by atoms with Gasteiger partial charge in [0, 0.05) is 26.5 Å². The maximum absolute atomic E-state index is 13.5. The summed E-state index contributed by atoms with van der Waals surface area (Å²) in [4.78, 5) is 35.3. The van der Waals surface area contributed by atoms with Crippen LogP contribution in [-0.2, 0) is 14.1 Å². The average Bonchev–Trinajstić information content (AvgIpc) is 3.37. The van der Waals surface area contributed by atoms with E-state index in [2.05, 4.69) is 20.4 Å². The van der Waals surface area contributed by atoms with E-state index in [9.17, 15) is 14.0 Å². The lowest BCUT2D eigenvalue weighted by Crippen LogP contribution is -2.31. The predicted molar refractivity (Wildman–Crippen MR) is 124 cm³/mol. The Hall–Kier alpha value is -3.66. The molecule has 0 bridgehead atoms. The number of aromatic nitrogens is 5. The van der Waals surface area contributed by atoms with Crippen LogP contribution in [0.2, 0.25) is 0 Å². The maximum atomic E-state index is 13.5. The Morgan fingerprint density at radius 2 is 1.82 bits per heavy atom. The molecule has 10 heteroatoms. The summed E-state index contributed by atoms with van der Waals surface area (Å²) in [5.74, 6) is -0.114. The number of nitrogens with one attached hydrogen (secondary N) is 1. The number of halogens is 1. The largest absolute Gasteiger partial charge is 0.337 e. The number of amides is 1. The van der Waals surface area contributed by atoms with Gasteiger partial charge in [0.1, 0.15) is 27.6 Å². The van der Waals surface area contributed by atoms with Crippen LogP contribution in [0.1, 0.15) is 44.1 Å². The third-order valence-electron chi connectivity index (χ3n) is 5.54. The molecule has 3 aromatic heterocycles. The number of benzene rings is 1. The molecule has 0 spiro atoms. The molecule has 8 nitrogen and oxygen atoms in total. The number of imidazole rings is 1. The second-order valence-corrected chi connectivity index (χ2v) is 8.80. The highest BCUT2D eigenvalue weighted by Gasteiger charge is 2.25. The van der Waals surface area contributed by atoms with E-state index in [1.54, 1.807) is 43.1 Å². The molecule has 1 amide bonds. The van der Waals surface area contributed by atoms with Gasteiger partial charge < -0.3 is 9.88 Å². The van der Waals surface area contributed by atoms with Crippen molar-refractivity contribution in [1.82, 2.24) is 29.6 Å². The molecule has 0 aliphatic rings. The Bertz CT molecular complexity index is 1400. The molecular weight excluding hydrogens is 443 g/mol. The van der Waals surface area contributed by atoms with Gasteiger partial charge in [-0.2, -0.15) is 5.10 Å². The first-order chi connectivity index (χ1) is 15.7. The Morgan fingerprint density at radius 1 is 1.12 bits per heavy atom. The van der Waals surface area contributed by atoms with Crippen LogP contribution in [0, 0.1) is 26.6 Å². The molecule has 0 saturated carbocycles. The molecule has 1 N–H and O–H groups in total. The minimum atomic E-state index is -0.596. The summed E-state index contributed by atoms with van der Waals surface area (Å²) in [6.07, 6.45) is 3.41. The molecule has 0 aliphatic carbocycles. The Balaban J connectivity index is 1.73. The lowest BCUT2D eigenvalue weighted by atomic mass is 10.1. The molecule has 33 heavy (non-hydrogen) atoms. The zero-order valence-corrected chi connectivity index (χ0v) is 19.7. The normalized spacial score (nSPS) is 12.1. The fourth-order valence-corrected chi connectivity index (χ4v) is 4.68. The van der Waals surface area contributed by atoms with Gasteiger partial charge in [-0.25, -0.2) is 19.0 Å². The first kappa shape index (κ1) is 22.5. The molecule has 4 aromatic rings. The SMILES string of the molecule is Cc1nc(-c2c(C)c(C)nn(C)c2=O)sc1C(=O)NC(c1ccc(F)cc1)c1nccn1C. The van der Waals surface area contributed by atoms with Crippen LogP contribution in [0.15, 0.2) is 41.5 Å². The topological polar surface area (TPSA) is 94.7 Å². The van der Waals surface area contributed by atoms with E-state index in [0.29, 0.717) is 32.5 Å². The first-order valence-electron chi connectivity index (χ1n) is 10.2. The highest BCUT2D eigenvalue weighted by molar-refractivity contribution is 7.17. The standard InChI is InChI=1S/C23H23FN6O2S/c1-12-13(2)28-30(5)23(32)17(12)22-26-14(3)19(33-22)21(31)27-18(20-25-10-11-29(20)4)15-6-8-16(24)9-7-15/h6-11,18H,1-5H3,(H,27,31). The zero-order valence-electron chi connectivity index (χ0n) is 18.9. The van der Waals surface area contributed by atoms with Crippen molar-refractivity contribution in [2.75, 3.05) is 0 Å². The van der Waals surface area contributed by atoms with Gasteiger partial charge in [0.25, 0.3) is 11.5 Å². The average molecular weight is 467 g/mol. The molecule has 0 aliphatic heterocycles. The Morgan fingerprint density at radius 3 is 2.45 bits per heavy atom. The number of hydrogen-bond donors (Lipinski definition) is 1. The summed E-state index contributed by atoms with van der Waals surface area (Å²) in [7, 11) is 3.41. The van der Waals surface area contributed by atoms with Crippen molar-refractivity contribution >= 4 is 17.2 Å². The summed E-state index contributed by atoms with van der Waals surface area (Å²) in [6.45, 7) is 5.38. The van der Waals surface area contributed by atoms with Crippen molar-refractivity contribution < 1.29 is 9.18 Å². The van der Waals surface area contributed by atoms with E-state index in [1.165, 1.54) is 16.8 Å². The third-order valence-corrected chi connectivity index (χ3v) is 6.71.